The Labute approximate surface area is 130 Å². The molecule has 1 aromatic carbocycles. The van der Waals surface area contributed by atoms with Crippen LogP contribution in [-0.4, -0.2) is 30.7 Å². The third-order valence-electron chi connectivity index (χ3n) is 3.55. The van der Waals surface area contributed by atoms with Gasteiger partial charge in [0.05, 0.1) is 5.75 Å². The van der Waals surface area contributed by atoms with Crippen LogP contribution in [0.4, 0.5) is 0 Å². The van der Waals surface area contributed by atoms with Crippen LogP contribution < -0.4 is 10.6 Å². The van der Waals surface area contributed by atoms with E-state index in [-0.39, 0.29) is 11.8 Å². The molecule has 1 aliphatic carbocycles. The summed E-state index contributed by atoms with van der Waals surface area (Å²) in [5, 5.41) is 5.91. The van der Waals surface area contributed by atoms with Crippen molar-refractivity contribution < 1.29 is 9.59 Å². The van der Waals surface area contributed by atoms with E-state index in [1.165, 1.54) is 24.5 Å². The van der Waals surface area contributed by atoms with Crippen molar-refractivity contribution in [2.24, 2.45) is 0 Å². The van der Waals surface area contributed by atoms with Crippen LogP contribution in [0.15, 0.2) is 24.3 Å². The zero-order chi connectivity index (χ0) is 15.1. The van der Waals surface area contributed by atoms with Crippen molar-refractivity contribution in [1.29, 1.82) is 0 Å². The Morgan fingerprint density at radius 2 is 2.00 bits per heavy atom. The fourth-order valence-electron chi connectivity index (χ4n) is 2.55. The van der Waals surface area contributed by atoms with Gasteiger partial charge in [-0.25, -0.2) is 0 Å². The van der Waals surface area contributed by atoms with Gasteiger partial charge in [-0.2, -0.15) is 0 Å². The minimum Gasteiger partial charge on any atom is -0.355 e. The molecule has 1 atom stereocenters. The molecule has 0 saturated carbocycles. The van der Waals surface area contributed by atoms with Gasteiger partial charge in [0.25, 0.3) is 0 Å². The Kier molecular flexibility index (Phi) is 6.11. The molecule has 0 bridgehead atoms. The second kappa shape index (κ2) is 8.08. The summed E-state index contributed by atoms with van der Waals surface area (Å²) in [7, 11) is 0. The van der Waals surface area contributed by atoms with Crippen LogP contribution in [0.2, 0.25) is 0 Å². The first kappa shape index (κ1) is 15.9. The van der Waals surface area contributed by atoms with Gasteiger partial charge >= 0.3 is 0 Å². The van der Waals surface area contributed by atoms with E-state index in [1.807, 2.05) is 0 Å². The predicted octanol–water partition coefficient (Wildman–Crippen LogP) is 2.05. The summed E-state index contributed by atoms with van der Waals surface area (Å²) >= 11 is 1.71. The summed E-state index contributed by atoms with van der Waals surface area (Å²) in [6.45, 7) is 2.44. The maximum Gasteiger partial charge on any atom is 0.230 e. The number of amides is 2. The van der Waals surface area contributed by atoms with Gasteiger partial charge in [-0.3, -0.25) is 9.59 Å². The van der Waals surface area contributed by atoms with E-state index in [9.17, 15) is 9.59 Å². The molecule has 4 nitrogen and oxygen atoms in total. The second-order valence-corrected chi connectivity index (χ2v) is 6.41. The van der Waals surface area contributed by atoms with E-state index in [2.05, 4.69) is 34.9 Å². The predicted molar refractivity (Wildman–Crippen MR) is 86.3 cm³/mol. The van der Waals surface area contributed by atoms with E-state index in [4.69, 9.17) is 0 Å². The van der Waals surface area contributed by atoms with Crippen LogP contribution in [0.5, 0.6) is 0 Å². The lowest BCUT2D eigenvalue weighted by molar-refractivity contribution is -0.120. The number of carbonyl (C=O) groups is 2. The molecule has 21 heavy (non-hydrogen) atoms. The standard InChI is InChI=1S/C16H22N2O2S/c1-12(19)17-9-10-18-16(20)11-21-15-8-4-6-13-5-2-3-7-14(13)15/h2-3,5,7,15H,4,6,8-11H2,1H3,(H,17,19)(H,18,20)/t15-/m1/s1. The maximum atomic E-state index is 11.8. The lowest BCUT2D eigenvalue weighted by Gasteiger charge is -2.24. The molecule has 0 radical (unpaired) electrons. The molecule has 0 saturated heterocycles. The lowest BCUT2D eigenvalue weighted by Crippen LogP contribution is -2.34. The van der Waals surface area contributed by atoms with Crippen LogP contribution in [0, 0.1) is 0 Å². The molecule has 5 heteroatoms. The van der Waals surface area contributed by atoms with Gasteiger partial charge in [-0.05, 0) is 30.4 Å². The average molecular weight is 306 g/mol. The normalized spacial score (nSPS) is 16.9. The number of thioether (sulfide) groups is 1. The van der Waals surface area contributed by atoms with Gasteiger partial charge in [0, 0.05) is 25.3 Å². The van der Waals surface area contributed by atoms with E-state index in [1.54, 1.807) is 11.8 Å². The van der Waals surface area contributed by atoms with Gasteiger partial charge in [-0.15, -0.1) is 11.8 Å². The lowest BCUT2D eigenvalue weighted by atomic mass is 9.91. The maximum absolute atomic E-state index is 11.8. The molecule has 1 aliphatic rings. The summed E-state index contributed by atoms with van der Waals surface area (Å²) in [5.74, 6) is 0.435. The number of nitrogens with one attached hydrogen (secondary N) is 2. The fraction of sp³-hybridized carbons (Fsp3) is 0.500. The van der Waals surface area contributed by atoms with Crippen molar-refractivity contribution in [3.05, 3.63) is 35.4 Å². The Morgan fingerprint density at radius 3 is 2.81 bits per heavy atom. The molecule has 114 valence electrons. The first-order valence-electron chi connectivity index (χ1n) is 7.37. The molecular formula is C16H22N2O2S. The van der Waals surface area contributed by atoms with E-state index >= 15 is 0 Å². The summed E-state index contributed by atoms with van der Waals surface area (Å²) in [6.07, 6.45) is 3.48. The zero-order valence-electron chi connectivity index (χ0n) is 12.4. The number of hydrogen-bond acceptors (Lipinski definition) is 3. The molecule has 2 rings (SSSR count). The Morgan fingerprint density at radius 1 is 1.24 bits per heavy atom. The summed E-state index contributed by atoms with van der Waals surface area (Å²) in [6, 6.07) is 8.53. The minimum absolute atomic E-state index is 0.0356. The van der Waals surface area contributed by atoms with Crippen molar-refractivity contribution in [3.63, 3.8) is 0 Å². The Hall–Kier alpha value is -1.49. The topological polar surface area (TPSA) is 58.2 Å². The monoisotopic (exact) mass is 306 g/mol. The Balaban J connectivity index is 1.74. The average Bonchev–Trinajstić information content (AvgIpc) is 2.49. The third kappa shape index (κ3) is 5.08. The zero-order valence-corrected chi connectivity index (χ0v) is 13.2. The van der Waals surface area contributed by atoms with Crippen LogP contribution in [-0.2, 0) is 16.0 Å². The number of fused-ring (bicyclic) bond motifs is 1. The molecule has 0 aliphatic heterocycles. The highest BCUT2D eigenvalue weighted by Gasteiger charge is 2.20. The molecule has 0 heterocycles. The van der Waals surface area contributed by atoms with E-state index in [0.717, 1.165) is 12.8 Å². The van der Waals surface area contributed by atoms with Gasteiger partial charge in [0.1, 0.15) is 0 Å². The highest BCUT2D eigenvalue weighted by Crippen LogP contribution is 2.39. The quantitative estimate of drug-likeness (QED) is 0.791. The molecular weight excluding hydrogens is 284 g/mol. The molecule has 0 spiro atoms. The van der Waals surface area contributed by atoms with Crippen LogP contribution in [0.25, 0.3) is 0 Å². The summed E-state index contributed by atoms with van der Waals surface area (Å²) in [4.78, 5) is 22.5. The van der Waals surface area contributed by atoms with Gasteiger partial charge in [0.2, 0.25) is 11.8 Å². The first-order chi connectivity index (χ1) is 10.2. The van der Waals surface area contributed by atoms with Crippen molar-refractivity contribution in [2.45, 2.75) is 31.4 Å². The molecule has 0 aromatic heterocycles. The van der Waals surface area contributed by atoms with Crippen LogP contribution >= 0.6 is 11.8 Å². The van der Waals surface area contributed by atoms with Gasteiger partial charge in [0.15, 0.2) is 0 Å². The highest BCUT2D eigenvalue weighted by atomic mass is 32.2. The SMILES string of the molecule is CC(=O)NCCNC(=O)CS[C@@H]1CCCc2ccccc21. The van der Waals surface area contributed by atoms with E-state index in [0.29, 0.717) is 24.1 Å². The number of carbonyl (C=O) groups excluding carboxylic acids is 2. The molecule has 2 N–H and O–H groups in total. The third-order valence-corrected chi connectivity index (χ3v) is 4.87. The van der Waals surface area contributed by atoms with Crippen molar-refractivity contribution >= 4 is 23.6 Å². The number of rotatable bonds is 6. The van der Waals surface area contributed by atoms with Crippen molar-refractivity contribution in [2.75, 3.05) is 18.8 Å². The van der Waals surface area contributed by atoms with Gasteiger partial charge < -0.3 is 10.6 Å². The minimum atomic E-state index is -0.0718. The smallest absolute Gasteiger partial charge is 0.230 e. The van der Waals surface area contributed by atoms with Gasteiger partial charge in [-0.1, -0.05) is 24.3 Å². The summed E-state index contributed by atoms with van der Waals surface area (Å²) in [5.41, 5.74) is 2.81. The number of benzene rings is 1. The number of aryl methyl sites for hydroxylation is 1. The van der Waals surface area contributed by atoms with Crippen LogP contribution in [0.3, 0.4) is 0 Å². The van der Waals surface area contributed by atoms with Crippen LogP contribution in [0.1, 0.15) is 36.1 Å². The largest absolute Gasteiger partial charge is 0.355 e. The second-order valence-electron chi connectivity index (χ2n) is 5.22. The molecule has 1 aromatic rings. The molecule has 0 unspecified atom stereocenters. The highest BCUT2D eigenvalue weighted by molar-refractivity contribution is 8.00. The van der Waals surface area contributed by atoms with Crippen molar-refractivity contribution in [3.8, 4) is 0 Å². The Bertz CT molecular complexity index is 505. The summed E-state index contributed by atoms with van der Waals surface area (Å²) < 4.78 is 0. The fourth-order valence-corrected chi connectivity index (χ4v) is 3.75. The number of hydrogen-bond donors (Lipinski definition) is 2. The first-order valence-corrected chi connectivity index (χ1v) is 8.42. The molecule has 2 amide bonds. The van der Waals surface area contributed by atoms with Crippen molar-refractivity contribution in [1.82, 2.24) is 10.6 Å². The molecule has 0 fully saturated rings. The van der Waals surface area contributed by atoms with E-state index < -0.39 is 0 Å².